The monoisotopic (exact) mass is 262 g/mol. The number of pyridine rings is 1. The van der Waals surface area contributed by atoms with Crippen LogP contribution in [-0.2, 0) is 6.54 Å². The maximum Gasteiger partial charge on any atom is 0.337 e. The molecule has 0 saturated carbocycles. The van der Waals surface area contributed by atoms with Crippen molar-refractivity contribution in [3.8, 4) is 0 Å². The van der Waals surface area contributed by atoms with Crippen LogP contribution < -0.4 is 5.32 Å². The van der Waals surface area contributed by atoms with Gasteiger partial charge in [-0.2, -0.15) is 0 Å². The van der Waals surface area contributed by atoms with E-state index in [1.165, 1.54) is 18.5 Å². The molecule has 0 bridgehead atoms. The minimum Gasteiger partial charge on any atom is -0.478 e. The molecule has 0 amide bonds. The molecule has 1 aromatic heterocycles. The number of aromatic carboxylic acids is 1. The van der Waals surface area contributed by atoms with Gasteiger partial charge in [0.1, 0.15) is 0 Å². The third-order valence-electron chi connectivity index (χ3n) is 2.45. The highest BCUT2D eigenvalue weighted by Crippen LogP contribution is 2.15. The highest BCUT2D eigenvalue weighted by atomic mass is 35.5. The Kier molecular flexibility index (Phi) is 3.79. The molecule has 18 heavy (non-hydrogen) atoms. The standard InChI is InChI=1S/C13H11ClN2O2/c14-10-3-1-9(2-4-10)7-16-12-8-15-6-5-11(12)13(17)18/h1-6,8,16H,7H2,(H,17,18). The van der Waals surface area contributed by atoms with Gasteiger partial charge in [0.15, 0.2) is 0 Å². The molecular weight excluding hydrogens is 252 g/mol. The largest absolute Gasteiger partial charge is 0.478 e. The zero-order chi connectivity index (χ0) is 13.0. The molecule has 0 saturated heterocycles. The molecule has 1 heterocycles. The molecule has 2 aromatic rings. The number of nitrogens with one attached hydrogen (secondary N) is 1. The molecule has 2 N–H and O–H groups in total. The van der Waals surface area contributed by atoms with Crippen molar-refractivity contribution in [2.75, 3.05) is 5.32 Å². The van der Waals surface area contributed by atoms with Crippen molar-refractivity contribution < 1.29 is 9.90 Å². The SMILES string of the molecule is O=C(O)c1ccncc1NCc1ccc(Cl)cc1. The van der Waals surface area contributed by atoms with E-state index in [0.717, 1.165) is 5.56 Å². The Morgan fingerprint density at radius 2 is 2.00 bits per heavy atom. The van der Waals surface area contributed by atoms with Crippen LogP contribution in [0.3, 0.4) is 0 Å². The van der Waals surface area contributed by atoms with E-state index in [9.17, 15) is 4.79 Å². The highest BCUT2D eigenvalue weighted by Gasteiger charge is 2.08. The van der Waals surface area contributed by atoms with Gasteiger partial charge in [0.25, 0.3) is 0 Å². The molecule has 0 aliphatic heterocycles. The number of carboxylic acids is 1. The fourth-order valence-electron chi connectivity index (χ4n) is 1.52. The maximum atomic E-state index is 11.0. The molecule has 5 heteroatoms. The predicted molar refractivity (Wildman–Crippen MR) is 70.0 cm³/mol. The van der Waals surface area contributed by atoms with Crippen molar-refractivity contribution >= 4 is 23.3 Å². The van der Waals surface area contributed by atoms with Gasteiger partial charge in [0.2, 0.25) is 0 Å². The number of aromatic nitrogens is 1. The first-order valence-electron chi connectivity index (χ1n) is 5.32. The molecule has 0 atom stereocenters. The second kappa shape index (κ2) is 5.51. The number of hydrogen-bond acceptors (Lipinski definition) is 3. The summed E-state index contributed by atoms with van der Waals surface area (Å²) in [5, 5.41) is 12.7. The normalized spacial score (nSPS) is 10.1. The maximum absolute atomic E-state index is 11.0. The summed E-state index contributed by atoms with van der Waals surface area (Å²) < 4.78 is 0. The van der Waals surface area contributed by atoms with Crippen LogP contribution in [0.4, 0.5) is 5.69 Å². The van der Waals surface area contributed by atoms with E-state index in [1.807, 2.05) is 12.1 Å². The number of anilines is 1. The quantitative estimate of drug-likeness (QED) is 0.889. The number of halogens is 1. The molecule has 4 nitrogen and oxygen atoms in total. The smallest absolute Gasteiger partial charge is 0.337 e. The summed E-state index contributed by atoms with van der Waals surface area (Å²) in [7, 11) is 0. The minimum absolute atomic E-state index is 0.207. The Balaban J connectivity index is 2.10. The molecule has 0 fully saturated rings. The lowest BCUT2D eigenvalue weighted by Crippen LogP contribution is -2.06. The molecule has 0 unspecified atom stereocenters. The topological polar surface area (TPSA) is 62.2 Å². The Morgan fingerprint density at radius 1 is 1.28 bits per heavy atom. The van der Waals surface area contributed by atoms with E-state index in [1.54, 1.807) is 12.1 Å². The Hall–Kier alpha value is -2.07. The van der Waals surface area contributed by atoms with E-state index in [0.29, 0.717) is 17.3 Å². The van der Waals surface area contributed by atoms with E-state index >= 15 is 0 Å². The average molecular weight is 263 g/mol. The Labute approximate surface area is 109 Å². The van der Waals surface area contributed by atoms with Gasteiger partial charge in [0, 0.05) is 17.8 Å². The van der Waals surface area contributed by atoms with E-state index in [4.69, 9.17) is 16.7 Å². The van der Waals surface area contributed by atoms with Crippen LogP contribution in [0, 0.1) is 0 Å². The number of nitrogens with zero attached hydrogens (tertiary/aromatic N) is 1. The second-order valence-electron chi connectivity index (χ2n) is 3.71. The molecule has 0 radical (unpaired) electrons. The van der Waals surface area contributed by atoms with Crippen LogP contribution in [0.5, 0.6) is 0 Å². The van der Waals surface area contributed by atoms with Gasteiger partial charge in [-0.15, -0.1) is 0 Å². The van der Waals surface area contributed by atoms with Crippen LogP contribution in [-0.4, -0.2) is 16.1 Å². The van der Waals surface area contributed by atoms with Gasteiger partial charge in [-0.05, 0) is 23.8 Å². The molecule has 92 valence electrons. The first kappa shape index (κ1) is 12.4. The summed E-state index contributed by atoms with van der Waals surface area (Å²) in [6, 6.07) is 8.81. The molecule has 0 aliphatic rings. The van der Waals surface area contributed by atoms with Gasteiger partial charge in [-0.25, -0.2) is 4.79 Å². The lowest BCUT2D eigenvalue weighted by molar-refractivity contribution is 0.0698. The summed E-state index contributed by atoms with van der Waals surface area (Å²) in [6.07, 6.45) is 2.95. The van der Waals surface area contributed by atoms with Crippen LogP contribution in [0.25, 0.3) is 0 Å². The third kappa shape index (κ3) is 2.99. The molecular formula is C13H11ClN2O2. The fourth-order valence-corrected chi connectivity index (χ4v) is 1.65. The van der Waals surface area contributed by atoms with E-state index in [-0.39, 0.29) is 5.56 Å². The van der Waals surface area contributed by atoms with Gasteiger partial charge in [0.05, 0.1) is 17.4 Å². The average Bonchev–Trinajstić information content (AvgIpc) is 2.38. The minimum atomic E-state index is -0.976. The summed E-state index contributed by atoms with van der Waals surface area (Å²) in [5.74, 6) is -0.976. The van der Waals surface area contributed by atoms with Crippen molar-refractivity contribution in [2.45, 2.75) is 6.54 Å². The number of carboxylic acid groups (broad SMARTS) is 1. The molecule has 1 aromatic carbocycles. The number of hydrogen-bond donors (Lipinski definition) is 2. The first-order chi connectivity index (χ1) is 8.66. The zero-order valence-electron chi connectivity index (χ0n) is 9.43. The summed E-state index contributed by atoms with van der Waals surface area (Å²) >= 11 is 5.79. The van der Waals surface area contributed by atoms with Crippen LogP contribution in [0.2, 0.25) is 5.02 Å². The van der Waals surface area contributed by atoms with Gasteiger partial charge < -0.3 is 10.4 Å². The van der Waals surface area contributed by atoms with Crippen LogP contribution in [0.15, 0.2) is 42.7 Å². The molecule has 2 rings (SSSR count). The van der Waals surface area contributed by atoms with Crippen LogP contribution >= 0.6 is 11.6 Å². The second-order valence-corrected chi connectivity index (χ2v) is 4.14. The number of benzene rings is 1. The molecule has 0 aliphatic carbocycles. The summed E-state index contributed by atoms with van der Waals surface area (Å²) in [4.78, 5) is 14.9. The molecule has 0 spiro atoms. The predicted octanol–water partition coefficient (Wildman–Crippen LogP) is 3.05. The van der Waals surface area contributed by atoms with Gasteiger partial charge >= 0.3 is 5.97 Å². The zero-order valence-corrected chi connectivity index (χ0v) is 10.2. The highest BCUT2D eigenvalue weighted by molar-refractivity contribution is 6.30. The first-order valence-corrected chi connectivity index (χ1v) is 5.70. The van der Waals surface area contributed by atoms with Crippen molar-refractivity contribution in [1.29, 1.82) is 0 Å². The third-order valence-corrected chi connectivity index (χ3v) is 2.70. The Bertz CT molecular complexity index is 555. The van der Waals surface area contributed by atoms with Crippen molar-refractivity contribution in [1.82, 2.24) is 4.98 Å². The van der Waals surface area contributed by atoms with Crippen molar-refractivity contribution in [3.63, 3.8) is 0 Å². The number of rotatable bonds is 4. The van der Waals surface area contributed by atoms with Crippen molar-refractivity contribution in [2.24, 2.45) is 0 Å². The van der Waals surface area contributed by atoms with Crippen LogP contribution in [0.1, 0.15) is 15.9 Å². The van der Waals surface area contributed by atoms with E-state index < -0.39 is 5.97 Å². The summed E-state index contributed by atoms with van der Waals surface area (Å²) in [5.41, 5.74) is 1.72. The number of carbonyl (C=O) groups is 1. The van der Waals surface area contributed by atoms with E-state index in [2.05, 4.69) is 10.3 Å². The van der Waals surface area contributed by atoms with Gasteiger partial charge in [-0.1, -0.05) is 23.7 Å². The van der Waals surface area contributed by atoms with Crippen molar-refractivity contribution in [3.05, 3.63) is 58.9 Å². The lowest BCUT2D eigenvalue weighted by atomic mass is 10.2. The van der Waals surface area contributed by atoms with Gasteiger partial charge in [-0.3, -0.25) is 4.98 Å². The lowest BCUT2D eigenvalue weighted by Gasteiger charge is -2.08. The fraction of sp³-hybridized carbons (Fsp3) is 0.0769. The Morgan fingerprint density at radius 3 is 2.67 bits per heavy atom. The summed E-state index contributed by atoms with van der Waals surface area (Å²) in [6.45, 7) is 0.517.